The number of aryl methyl sites for hydroxylation is 1. The highest BCUT2D eigenvalue weighted by atomic mass is 35.5. The predicted octanol–water partition coefficient (Wildman–Crippen LogP) is 2.13. The Morgan fingerprint density at radius 1 is 1.60 bits per heavy atom. The van der Waals surface area contributed by atoms with Gasteiger partial charge < -0.3 is 5.32 Å². The van der Waals surface area contributed by atoms with Crippen LogP contribution in [-0.4, -0.2) is 15.8 Å². The third-order valence-corrected chi connectivity index (χ3v) is 2.66. The zero-order valence-electron chi connectivity index (χ0n) is 9.25. The van der Waals surface area contributed by atoms with Crippen LogP contribution in [0.4, 0.5) is 5.69 Å². The Morgan fingerprint density at radius 3 is 2.80 bits per heavy atom. The molecular formula is C10H16ClN3O. The molecule has 5 heteroatoms. The highest BCUT2D eigenvalue weighted by Gasteiger charge is 2.09. The van der Waals surface area contributed by atoms with Gasteiger partial charge >= 0.3 is 0 Å². The van der Waals surface area contributed by atoms with Crippen molar-refractivity contribution in [3.63, 3.8) is 0 Å². The molecule has 0 saturated heterocycles. The molecule has 1 heterocycles. The van der Waals surface area contributed by atoms with Crippen LogP contribution in [-0.2, 0) is 6.54 Å². The molecule has 1 aromatic heterocycles. The van der Waals surface area contributed by atoms with Gasteiger partial charge in [0.1, 0.15) is 5.02 Å². The van der Waals surface area contributed by atoms with Crippen molar-refractivity contribution in [2.45, 2.75) is 39.8 Å². The maximum absolute atomic E-state index is 11.6. The third-order valence-electron chi connectivity index (χ3n) is 2.30. The van der Waals surface area contributed by atoms with Crippen LogP contribution in [0.5, 0.6) is 0 Å². The summed E-state index contributed by atoms with van der Waals surface area (Å²) in [5, 5.41) is 7.36. The van der Waals surface area contributed by atoms with Crippen molar-refractivity contribution in [3.05, 3.63) is 21.6 Å². The van der Waals surface area contributed by atoms with Gasteiger partial charge in [-0.2, -0.15) is 5.10 Å². The minimum absolute atomic E-state index is 0.215. The van der Waals surface area contributed by atoms with Crippen molar-refractivity contribution < 1.29 is 0 Å². The van der Waals surface area contributed by atoms with E-state index in [9.17, 15) is 4.79 Å². The van der Waals surface area contributed by atoms with Crippen molar-refractivity contribution in [2.24, 2.45) is 0 Å². The van der Waals surface area contributed by atoms with E-state index in [1.807, 2.05) is 13.8 Å². The minimum atomic E-state index is -0.243. The van der Waals surface area contributed by atoms with Gasteiger partial charge in [0.25, 0.3) is 5.56 Å². The van der Waals surface area contributed by atoms with E-state index in [1.165, 1.54) is 4.68 Å². The number of nitrogens with zero attached hydrogens (tertiary/aromatic N) is 2. The van der Waals surface area contributed by atoms with Gasteiger partial charge in [-0.25, -0.2) is 4.68 Å². The summed E-state index contributed by atoms with van der Waals surface area (Å²) >= 11 is 5.94. The molecule has 1 unspecified atom stereocenters. The lowest BCUT2D eigenvalue weighted by molar-refractivity contribution is 0.615. The second-order valence-corrected chi connectivity index (χ2v) is 3.82. The molecule has 0 saturated carbocycles. The SMILES string of the molecule is CCC(C)Nc1cnn(CC)c(=O)c1Cl. The number of halogens is 1. The fourth-order valence-corrected chi connectivity index (χ4v) is 1.36. The average molecular weight is 230 g/mol. The lowest BCUT2D eigenvalue weighted by Crippen LogP contribution is -2.25. The van der Waals surface area contributed by atoms with Crippen LogP contribution in [0.2, 0.25) is 5.02 Å². The van der Waals surface area contributed by atoms with Crippen LogP contribution in [0.15, 0.2) is 11.0 Å². The number of anilines is 1. The molecule has 0 radical (unpaired) electrons. The second kappa shape index (κ2) is 5.16. The molecule has 0 fully saturated rings. The molecule has 1 atom stereocenters. The number of hydrogen-bond acceptors (Lipinski definition) is 3. The summed E-state index contributed by atoms with van der Waals surface area (Å²) in [6.07, 6.45) is 2.56. The Bertz CT molecular complexity index is 389. The van der Waals surface area contributed by atoms with Crippen molar-refractivity contribution >= 4 is 17.3 Å². The first-order valence-corrected chi connectivity index (χ1v) is 5.50. The Morgan fingerprint density at radius 2 is 2.27 bits per heavy atom. The first kappa shape index (κ1) is 12.0. The number of nitrogens with one attached hydrogen (secondary N) is 1. The molecule has 0 bridgehead atoms. The Hall–Kier alpha value is -1.03. The summed E-state index contributed by atoms with van der Waals surface area (Å²) in [4.78, 5) is 11.6. The normalized spacial score (nSPS) is 12.5. The van der Waals surface area contributed by atoms with E-state index in [-0.39, 0.29) is 16.6 Å². The van der Waals surface area contributed by atoms with Gasteiger partial charge in [0.05, 0.1) is 11.9 Å². The maximum Gasteiger partial charge on any atom is 0.287 e. The Labute approximate surface area is 94.3 Å². The van der Waals surface area contributed by atoms with Crippen LogP contribution >= 0.6 is 11.6 Å². The van der Waals surface area contributed by atoms with Crippen LogP contribution in [0, 0.1) is 0 Å². The Balaban J connectivity index is 3.02. The molecule has 1 aromatic rings. The molecule has 1 N–H and O–H groups in total. The van der Waals surface area contributed by atoms with Crippen molar-refractivity contribution in [1.29, 1.82) is 0 Å². The van der Waals surface area contributed by atoms with Gasteiger partial charge in [0.15, 0.2) is 0 Å². The van der Waals surface area contributed by atoms with Crippen LogP contribution in [0.1, 0.15) is 27.2 Å². The fourth-order valence-electron chi connectivity index (χ4n) is 1.16. The van der Waals surface area contributed by atoms with Crippen molar-refractivity contribution in [3.8, 4) is 0 Å². The topological polar surface area (TPSA) is 46.9 Å². The summed E-state index contributed by atoms with van der Waals surface area (Å²) in [6.45, 7) is 6.47. The van der Waals surface area contributed by atoms with Gasteiger partial charge in [0.2, 0.25) is 0 Å². The fraction of sp³-hybridized carbons (Fsp3) is 0.600. The molecule has 0 aliphatic carbocycles. The first-order valence-electron chi connectivity index (χ1n) is 5.12. The minimum Gasteiger partial charge on any atom is -0.380 e. The van der Waals surface area contributed by atoms with Gasteiger partial charge in [0, 0.05) is 12.6 Å². The van der Waals surface area contributed by atoms with Gasteiger partial charge in [-0.15, -0.1) is 0 Å². The zero-order valence-corrected chi connectivity index (χ0v) is 10.0. The lowest BCUT2D eigenvalue weighted by atomic mass is 10.2. The highest BCUT2D eigenvalue weighted by molar-refractivity contribution is 6.32. The quantitative estimate of drug-likeness (QED) is 0.861. The lowest BCUT2D eigenvalue weighted by Gasteiger charge is -2.14. The van der Waals surface area contributed by atoms with E-state index in [4.69, 9.17) is 11.6 Å². The number of rotatable bonds is 4. The summed E-state index contributed by atoms with van der Waals surface area (Å²) in [5.74, 6) is 0. The number of aromatic nitrogens is 2. The Kier molecular flexibility index (Phi) is 4.15. The van der Waals surface area contributed by atoms with E-state index >= 15 is 0 Å². The van der Waals surface area contributed by atoms with E-state index in [0.29, 0.717) is 12.2 Å². The summed E-state index contributed by atoms with van der Waals surface area (Å²) in [6, 6.07) is 0.279. The molecule has 0 aliphatic heterocycles. The smallest absolute Gasteiger partial charge is 0.287 e. The van der Waals surface area contributed by atoms with Crippen molar-refractivity contribution in [1.82, 2.24) is 9.78 Å². The van der Waals surface area contributed by atoms with Gasteiger partial charge in [-0.05, 0) is 20.3 Å². The summed E-state index contributed by atoms with van der Waals surface area (Å²) in [7, 11) is 0. The third kappa shape index (κ3) is 2.72. The van der Waals surface area contributed by atoms with Crippen molar-refractivity contribution in [2.75, 3.05) is 5.32 Å². The zero-order chi connectivity index (χ0) is 11.4. The molecule has 0 amide bonds. The monoisotopic (exact) mass is 229 g/mol. The molecule has 0 aromatic carbocycles. The maximum atomic E-state index is 11.6. The summed E-state index contributed by atoms with van der Waals surface area (Å²) < 4.78 is 1.34. The largest absolute Gasteiger partial charge is 0.380 e. The van der Waals surface area contributed by atoms with Crippen LogP contribution in [0.3, 0.4) is 0 Å². The standard InChI is InChI=1S/C10H16ClN3O/c1-4-7(3)13-8-6-12-14(5-2)10(15)9(8)11/h6-7,13H,4-5H2,1-3H3. The van der Waals surface area contributed by atoms with E-state index in [2.05, 4.69) is 17.3 Å². The van der Waals surface area contributed by atoms with E-state index in [0.717, 1.165) is 6.42 Å². The second-order valence-electron chi connectivity index (χ2n) is 3.45. The molecule has 84 valence electrons. The van der Waals surface area contributed by atoms with E-state index < -0.39 is 0 Å². The van der Waals surface area contributed by atoms with Crippen LogP contribution < -0.4 is 10.9 Å². The molecule has 0 spiro atoms. The average Bonchev–Trinajstić information content (AvgIpc) is 2.25. The predicted molar refractivity (Wildman–Crippen MR) is 62.6 cm³/mol. The molecule has 1 rings (SSSR count). The molecule has 15 heavy (non-hydrogen) atoms. The first-order chi connectivity index (χ1) is 7.10. The molecule has 4 nitrogen and oxygen atoms in total. The van der Waals surface area contributed by atoms with E-state index in [1.54, 1.807) is 6.20 Å². The summed E-state index contributed by atoms with van der Waals surface area (Å²) in [5.41, 5.74) is 0.369. The molecular weight excluding hydrogens is 214 g/mol. The van der Waals surface area contributed by atoms with Crippen LogP contribution in [0.25, 0.3) is 0 Å². The number of hydrogen-bond donors (Lipinski definition) is 1. The van der Waals surface area contributed by atoms with Gasteiger partial charge in [-0.3, -0.25) is 4.79 Å². The molecule has 0 aliphatic rings. The van der Waals surface area contributed by atoms with Gasteiger partial charge in [-0.1, -0.05) is 18.5 Å². The highest BCUT2D eigenvalue weighted by Crippen LogP contribution is 2.16.